The van der Waals surface area contributed by atoms with Crippen LogP contribution >= 0.6 is 0 Å². The Bertz CT molecular complexity index is 635. The van der Waals surface area contributed by atoms with E-state index in [9.17, 15) is 9.59 Å². The number of amides is 2. The fourth-order valence-electron chi connectivity index (χ4n) is 1.87. The van der Waals surface area contributed by atoms with Gasteiger partial charge in [-0.2, -0.15) is 0 Å². The lowest BCUT2D eigenvalue weighted by molar-refractivity contribution is -0.127. The Labute approximate surface area is 134 Å². The maximum absolute atomic E-state index is 11.9. The number of benzene rings is 1. The van der Waals surface area contributed by atoms with Crippen molar-refractivity contribution in [2.24, 2.45) is 0 Å². The van der Waals surface area contributed by atoms with Gasteiger partial charge in [0.05, 0.1) is 6.26 Å². The highest BCUT2D eigenvalue weighted by Crippen LogP contribution is 2.13. The summed E-state index contributed by atoms with van der Waals surface area (Å²) < 4.78 is 10.5. The molecule has 6 nitrogen and oxygen atoms in total. The molecular weight excluding hydrogens is 296 g/mol. The first-order valence-corrected chi connectivity index (χ1v) is 7.39. The van der Waals surface area contributed by atoms with Gasteiger partial charge in [0.25, 0.3) is 11.8 Å². The van der Waals surface area contributed by atoms with Gasteiger partial charge in [-0.1, -0.05) is 17.7 Å². The summed E-state index contributed by atoms with van der Waals surface area (Å²) in [6.07, 6.45) is 0.819. The third-order valence-electron chi connectivity index (χ3n) is 3.16. The summed E-state index contributed by atoms with van der Waals surface area (Å²) in [5.41, 5.74) is 1.13. The third-order valence-corrected chi connectivity index (χ3v) is 3.16. The van der Waals surface area contributed by atoms with Crippen LogP contribution in [0.15, 0.2) is 47.1 Å². The zero-order valence-corrected chi connectivity index (χ0v) is 13.2. The zero-order chi connectivity index (χ0) is 16.7. The summed E-state index contributed by atoms with van der Waals surface area (Å²) >= 11 is 0. The van der Waals surface area contributed by atoms with Gasteiger partial charge in [0, 0.05) is 13.1 Å². The van der Waals surface area contributed by atoms with Crippen LogP contribution < -0.4 is 15.4 Å². The SMILES string of the molecule is Cc1ccc(OC(C)C(=O)NCCNC(=O)c2ccco2)cc1. The molecule has 0 saturated carbocycles. The predicted octanol–water partition coefficient (Wildman–Crippen LogP) is 1.90. The number of rotatable bonds is 7. The maximum Gasteiger partial charge on any atom is 0.287 e. The van der Waals surface area contributed by atoms with Crippen LogP contribution in [0.3, 0.4) is 0 Å². The van der Waals surface area contributed by atoms with Gasteiger partial charge in [0.2, 0.25) is 0 Å². The molecule has 2 amide bonds. The smallest absolute Gasteiger partial charge is 0.287 e. The zero-order valence-electron chi connectivity index (χ0n) is 13.2. The standard InChI is InChI=1S/C17H20N2O4/c1-12-5-7-14(8-6-12)23-13(2)16(20)18-9-10-19-17(21)15-4-3-11-22-15/h3-8,11,13H,9-10H2,1-2H3,(H,18,20)(H,19,21). The van der Waals surface area contributed by atoms with Crippen LogP contribution in [0.5, 0.6) is 5.75 Å². The molecule has 1 aromatic carbocycles. The number of nitrogens with one attached hydrogen (secondary N) is 2. The second-order valence-electron chi connectivity index (χ2n) is 5.10. The van der Waals surface area contributed by atoms with Crippen LogP contribution in [0.4, 0.5) is 0 Å². The molecule has 2 rings (SSSR count). The molecule has 23 heavy (non-hydrogen) atoms. The minimum atomic E-state index is -0.613. The number of carbonyl (C=O) groups excluding carboxylic acids is 2. The van der Waals surface area contributed by atoms with Crippen LogP contribution in [-0.2, 0) is 4.79 Å². The molecular formula is C17H20N2O4. The van der Waals surface area contributed by atoms with E-state index in [0.29, 0.717) is 18.8 Å². The van der Waals surface area contributed by atoms with Crippen LogP contribution in [0.25, 0.3) is 0 Å². The minimum Gasteiger partial charge on any atom is -0.481 e. The van der Waals surface area contributed by atoms with Gasteiger partial charge in [-0.3, -0.25) is 9.59 Å². The van der Waals surface area contributed by atoms with Crippen molar-refractivity contribution in [3.05, 3.63) is 54.0 Å². The van der Waals surface area contributed by atoms with Gasteiger partial charge < -0.3 is 19.8 Å². The number of carbonyl (C=O) groups is 2. The van der Waals surface area contributed by atoms with E-state index in [1.165, 1.54) is 6.26 Å². The van der Waals surface area contributed by atoms with Crippen molar-refractivity contribution in [2.75, 3.05) is 13.1 Å². The van der Waals surface area contributed by atoms with Crippen molar-refractivity contribution in [1.82, 2.24) is 10.6 Å². The summed E-state index contributed by atoms with van der Waals surface area (Å²) in [6.45, 7) is 4.28. The van der Waals surface area contributed by atoms with Gasteiger partial charge in [0.1, 0.15) is 5.75 Å². The van der Waals surface area contributed by atoms with Gasteiger partial charge in [0.15, 0.2) is 11.9 Å². The van der Waals surface area contributed by atoms with Gasteiger partial charge in [-0.15, -0.1) is 0 Å². The molecule has 1 heterocycles. The van der Waals surface area contributed by atoms with E-state index in [-0.39, 0.29) is 17.6 Å². The number of hydrogen-bond acceptors (Lipinski definition) is 4. The Morgan fingerprint density at radius 3 is 2.48 bits per heavy atom. The molecule has 2 aromatic rings. The molecule has 1 atom stereocenters. The first-order chi connectivity index (χ1) is 11.1. The fourth-order valence-corrected chi connectivity index (χ4v) is 1.87. The molecule has 0 aliphatic rings. The number of ether oxygens (including phenoxy) is 1. The van der Waals surface area contributed by atoms with Crippen LogP contribution in [-0.4, -0.2) is 31.0 Å². The van der Waals surface area contributed by atoms with Crippen molar-refractivity contribution < 1.29 is 18.7 Å². The van der Waals surface area contributed by atoms with Crippen molar-refractivity contribution >= 4 is 11.8 Å². The minimum absolute atomic E-state index is 0.238. The van der Waals surface area contributed by atoms with Crippen molar-refractivity contribution in [3.63, 3.8) is 0 Å². The van der Waals surface area contributed by atoms with Crippen molar-refractivity contribution in [2.45, 2.75) is 20.0 Å². The quantitative estimate of drug-likeness (QED) is 0.765. The van der Waals surface area contributed by atoms with Crippen LogP contribution in [0.1, 0.15) is 23.0 Å². The normalized spacial score (nSPS) is 11.6. The molecule has 0 spiro atoms. The average molecular weight is 316 g/mol. The molecule has 2 N–H and O–H groups in total. The summed E-state index contributed by atoms with van der Waals surface area (Å²) in [4.78, 5) is 23.5. The van der Waals surface area contributed by atoms with Crippen molar-refractivity contribution in [3.8, 4) is 5.75 Å². The molecule has 1 aromatic heterocycles. The molecule has 1 unspecified atom stereocenters. The van der Waals surface area contributed by atoms with E-state index in [1.54, 1.807) is 19.1 Å². The van der Waals surface area contributed by atoms with E-state index in [1.807, 2.05) is 31.2 Å². The molecule has 0 aliphatic heterocycles. The summed E-state index contributed by atoms with van der Waals surface area (Å²) in [5.74, 6) is 0.336. The highest BCUT2D eigenvalue weighted by atomic mass is 16.5. The van der Waals surface area contributed by atoms with Gasteiger partial charge >= 0.3 is 0 Å². The number of hydrogen-bond donors (Lipinski definition) is 2. The monoisotopic (exact) mass is 316 g/mol. The summed E-state index contributed by atoms with van der Waals surface area (Å²) in [5, 5.41) is 5.35. The molecule has 0 fully saturated rings. The van der Waals surface area contributed by atoms with Crippen LogP contribution in [0.2, 0.25) is 0 Å². The van der Waals surface area contributed by atoms with E-state index >= 15 is 0 Å². The Morgan fingerprint density at radius 1 is 1.13 bits per heavy atom. The number of furan rings is 1. The topological polar surface area (TPSA) is 80.6 Å². The second-order valence-corrected chi connectivity index (χ2v) is 5.10. The van der Waals surface area contributed by atoms with E-state index in [2.05, 4.69) is 10.6 Å². The van der Waals surface area contributed by atoms with Gasteiger partial charge in [-0.05, 0) is 38.1 Å². The average Bonchev–Trinajstić information content (AvgIpc) is 3.07. The van der Waals surface area contributed by atoms with Crippen molar-refractivity contribution in [1.29, 1.82) is 0 Å². The highest BCUT2D eigenvalue weighted by Gasteiger charge is 2.14. The lowest BCUT2D eigenvalue weighted by atomic mass is 10.2. The first-order valence-electron chi connectivity index (χ1n) is 7.39. The Hall–Kier alpha value is -2.76. The predicted molar refractivity (Wildman–Crippen MR) is 85.3 cm³/mol. The Balaban J connectivity index is 1.67. The highest BCUT2D eigenvalue weighted by molar-refractivity contribution is 5.91. The Morgan fingerprint density at radius 2 is 1.83 bits per heavy atom. The molecule has 6 heteroatoms. The molecule has 0 aliphatic carbocycles. The fraction of sp³-hybridized carbons (Fsp3) is 0.294. The summed E-state index contributed by atoms with van der Waals surface area (Å²) in [6, 6.07) is 10.7. The second kappa shape index (κ2) is 8.03. The van der Waals surface area contributed by atoms with Gasteiger partial charge in [-0.25, -0.2) is 0 Å². The summed E-state index contributed by atoms with van der Waals surface area (Å²) in [7, 11) is 0. The van der Waals surface area contributed by atoms with E-state index in [4.69, 9.17) is 9.15 Å². The third kappa shape index (κ3) is 5.18. The first kappa shape index (κ1) is 16.6. The van der Waals surface area contributed by atoms with E-state index < -0.39 is 6.10 Å². The maximum atomic E-state index is 11.9. The molecule has 0 bridgehead atoms. The Kier molecular flexibility index (Phi) is 5.80. The largest absolute Gasteiger partial charge is 0.481 e. The molecule has 0 saturated heterocycles. The number of aryl methyl sites for hydroxylation is 1. The lowest BCUT2D eigenvalue weighted by Crippen LogP contribution is -2.40. The molecule has 122 valence electrons. The van der Waals surface area contributed by atoms with Crippen LogP contribution in [0, 0.1) is 6.92 Å². The molecule has 0 radical (unpaired) electrons. The van der Waals surface area contributed by atoms with E-state index in [0.717, 1.165) is 5.56 Å². The lowest BCUT2D eigenvalue weighted by Gasteiger charge is -2.15.